The minimum Gasteiger partial charge on any atom is -0.508 e. The molecule has 1 saturated heterocycles. The summed E-state index contributed by atoms with van der Waals surface area (Å²) >= 11 is 0. The molecule has 2 aromatic carbocycles. The number of methoxy groups -OCH3 is 1. The molecule has 35 heavy (non-hydrogen) atoms. The summed E-state index contributed by atoms with van der Waals surface area (Å²) in [6.45, 7) is -0.748. The molecular formula is C25H32O10. The molecule has 0 unspecified atom stereocenters. The van der Waals surface area contributed by atoms with Crippen molar-refractivity contribution in [2.24, 2.45) is 11.8 Å². The normalized spacial score (nSPS) is 32.7. The monoisotopic (exact) mass is 492 g/mol. The van der Waals surface area contributed by atoms with Gasteiger partial charge in [0.25, 0.3) is 0 Å². The van der Waals surface area contributed by atoms with Crippen molar-refractivity contribution in [1.29, 1.82) is 0 Å². The van der Waals surface area contributed by atoms with E-state index in [1.54, 1.807) is 24.3 Å². The third kappa shape index (κ3) is 4.96. The van der Waals surface area contributed by atoms with Gasteiger partial charge in [-0.15, -0.1) is 0 Å². The molecule has 0 aromatic heterocycles. The maximum atomic E-state index is 10.4. The van der Waals surface area contributed by atoms with Crippen LogP contribution in [0.3, 0.4) is 0 Å². The Balaban J connectivity index is 1.69. The molecule has 10 nitrogen and oxygen atoms in total. The average molecular weight is 493 g/mol. The van der Waals surface area contributed by atoms with E-state index in [-0.39, 0.29) is 48.2 Å². The molecule has 1 fully saturated rings. The first-order valence-electron chi connectivity index (χ1n) is 11.5. The first kappa shape index (κ1) is 25.6. The Labute approximate surface area is 202 Å². The number of aliphatic hydroxyl groups is 5. The second kappa shape index (κ2) is 10.7. The number of ether oxygens (including phenoxy) is 3. The summed E-state index contributed by atoms with van der Waals surface area (Å²) in [5, 5.41) is 70.5. The van der Waals surface area contributed by atoms with Crippen LogP contribution < -0.4 is 4.74 Å². The number of phenolic OH excluding ortho intramolecular Hbond substituents is 2. The number of phenols is 2. The van der Waals surface area contributed by atoms with E-state index in [2.05, 4.69) is 0 Å². The van der Waals surface area contributed by atoms with Gasteiger partial charge in [0.05, 0.1) is 20.3 Å². The van der Waals surface area contributed by atoms with Crippen LogP contribution in [0.15, 0.2) is 36.4 Å². The van der Waals surface area contributed by atoms with E-state index in [0.717, 1.165) is 16.7 Å². The van der Waals surface area contributed by atoms with E-state index in [1.807, 2.05) is 6.07 Å². The molecule has 1 aliphatic heterocycles. The Hall–Kier alpha value is -2.44. The van der Waals surface area contributed by atoms with Crippen molar-refractivity contribution in [2.75, 3.05) is 26.9 Å². The predicted molar refractivity (Wildman–Crippen MR) is 122 cm³/mol. The van der Waals surface area contributed by atoms with Crippen LogP contribution in [-0.2, 0) is 15.9 Å². The van der Waals surface area contributed by atoms with Crippen LogP contribution in [0.4, 0.5) is 0 Å². The molecule has 2 aromatic rings. The highest BCUT2D eigenvalue weighted by molar-refractivity contribution is 5.49. The fourth-order valence-corrected chi connectivity index (χ4v) is 5.15. The Bertz CT molecular complexity index is 1010. The summed E-state index contributed by atoms with van der Waals surface area (Å²) in [5.74, 6) is -0.699. The van der Waals surface area contributed by atoms with Gasteiger partial charge in [0.2, 0.25) is 0 Å². The van der Waals surface area contributed by atoms with E-state index in [0.29, 0.717) is 6.42 Å². The summed E-state index contributed by atoms with van der Waals surface area (Å²) in [6, 6.07) is 9.99. The molecule has 7 N–H and O–H groups in total. The molecule has 4 rings (SSSR count). The van der Waals surface area contributed by atoms with Crippen molar-refractivity contribution in [3.8, 4) is 17.2 Å². The maximum absolute atomic E-state index is 10.4. The van der Waals surface area contributed by atoms with Gasteiger partial charge in [-0.1, -0.05) is 12.1 Å². The van der Waals surface area contributed by atoms with Crippen molar-refractivity contribution in [3.05, 3.63) is 53.1 Å². The fourth-order valence-electron chi connectivity index (χ4n) is 5.15. The van der Waals surface area contributed by atoms with Gasteiger partial charge in [0.15, 0.2) is 17.8 Å². The summed E-state index contributed by atoms with van der Waals surface area (Å²) in [5.41, 5.74) is 2.53. The lowest BCUT2D eigenvalue weighted by molar-refractivity contribution is -0.304. The zero-order valence-corrected chi connectivity index (χ0v) is 19.3. The second-order valence-corrected chi connectivity index (χ2v) is 9.13. The molecule has 0 bridgehead atoms. The molecule has 0 amide bonds. The molecule has 2 aliphatic rings. The van der Waals surface area contributed by atoms with Crippen molar-refractivity contribution < 1.29 is 50.0 Å². The van der Waals surface area contributed by atoms with Crippen LogP contribution >= 0.6 is 0 Å². The van der Waals surface area contributed by atoms with Crippen LogP contribution in [0.1, 0.15) is 22.6 Å². The Morgan fingerprint density at radius 3 is 2.40 bits per heavy atom. The number of aliphatic hydroxyl groups excluding tert-OH is 5. The topological polar surface area (TPSA) is 169 Å². The standard InChI is InChI=1S/C25H32O10/c1-33-19-7-13(3-5-18(19)29)21-16-8-15(28)4-2-12(16)6-14(9-26)17(21)11-34-25-24(32)23(31)22(30)20(10-27)35-25/h2-5,7-8,14,17,20-32H,6,9-11H2,1H3/t14-,17-,20+,21+,22+,23-,24+,25+/m0/s1. The summed E-state index contributed by atoms with van der Waals surface area (Å²) in [6.07, 6.45) is -6.52. The zero-order chi connectivity index (χ0) is 25.3. The molecular weight excluding hydrogens is 460 g/mol. The van der Waals surface area contributed by atoms with Crippen LogP contribution in [0.25, 0.3) is 0 Å². The van der Waals surface area contributed by atoms with Gasteiger partial charge in [-0.2, -0.15) is 0 Å². The second-order valence-electron chi connectivity index (χ2n) is 9.13. The zero-order valence-electron chi connectivity index (χ0n) is 19.3. The molecule has 1 heterocycles. The van der Waals surface area contributed by atoms with Crippen molar-refractivity contribution in [2.45, 2.75) is 43.0 Å². The van der Waals surface area contributed by atoms with Crippen molar-refractivity contribution in [1.82, 2.24) is 0 Å². The highest BCUT2D eigenvalue weighted by atomic mass is 16.7. The van der Waals surface area contributed by atoms with E-state index in [1.165, 1.54) is 13.2 Å². The number of fused-ring (bicyclic) bond motifs is 1. The third-order valence-corrected chi connectivity index (χ3v) is 7.08. The van der Waals surface area contributed by atoms with E-state index < -0.39 is 37.3 Å². The van der Waals surface area contributed by atoms with E-state index in [4.69, 9.17) is 14.2 Å². The molecule has 0 saturated carbocycles. The summed E-state index contributed by atoms with van der Waals surface area (Å²) in [4.78, 5) is 0. The fraction of sp³-hybridized carbons (Fsp3) is 0.520. The number of hydrogen-bond donors (Lipinski definition) is 7. The van der Waals surface area contributed by atoms with Crippen molar-refractivity contribution >= 4 is 0 Å². The van der Waals surface area contributed by atoms with Crippen LogP contribution in [0.2, 0.25) is 0 Å². The van der Waals surface area contributed by atoms with Gasteiger partial charge >= 0.3 is 0 Å². The lowest BCUT2D eigenvalue weighted by Gasteiger charge is -2.43. The first-order valence-corrected chi connectivity index (χ1v) is 11.5. The molecule has 0 spiro atoms. The predicted octanol–water partition coefficient (Wildman–Crippen LogP) is -0.164. The lowest BCUT2D eigenvalue weighted by Crippen LogP contribution is -2.59. The third-order valence-electron chi connectivity index (χ3n) is 7.08. The quantitative estimate of drug-likeness (QED) is 0.276. The van der Waals surface area contributed by atoms with Gasteiger partial charge in [0, 0.05) is 12.5 Å². The Kier molecular flexibility index (Phi) is 7.82. The Morgan fingerprint density at radius 2 is 1.71 bits per heavy atom. The van der Waals surface area contributed by atoms with Crippen molar-refractivity contribution in [3.63, 3.8) is 0 Å². The smallest absolute Gasteiger partial charge is 0.186 e. The summed E-state index contributed by atoms with van der Waals surface area (Å²) < 4.78 is 16.7. The average Bonchev–Trinajstić information content (AvgIpc) is 2.86. The first-order chi connectivity index (χ1) is 16.8. The highest BCUT2D eigenvalue weighted by Gasteiger charge is 2.45. The van der Waals surface area contributed by atoms with Crippen LogP contribution in [0, 0.1) is 11.8 Å². The van der Waals surface area contributed by atoms with Gasteiger partial charge in [-0.25, -0.2) is 0 Å². The van der Waals surface area contributed by atoms with Crippen LogP contribution in [0.5, 0.6) is 17.2 Å². The maximum Gasteiger partial charge on any atom is 0.186 e. The molecule has 192 valence electrons. The lowest BCUT2D eigenvalue weighted by atomic mass is 9.67. The molecule has 1 aliphatic carbocycles. The molecule has 0 radical (unpaired) electrons. The van der Waals surface area contributed by atoms with Gasteiger partial charge < -0.3 is 50.0 Å². The van der Waals surface area contributed by atoms with E-state index in [9.17, 15) is 35.7 Å². The SMILES string of the molecule is COc1cc([C@@H]2c3cc(O)ccc3C[C@@H](CO)[C@@H]2CO[C@@H]2O[C@H](CO)[C@@H](O)[C@H](O)[C@H]2O)ccc1O. The van der Waals surface area contributed by atoms with E-state index >= 15 is 0 Å². The summed E-state index contributed by atoms with van der Waals surface area (Å²) in [7, 11) is 1.44. The Morgan fingerprint density at radius 1 is 0.943 bits per heavy atom. The number of benzene rings is 2. The highest BCUT2D eigenvalue weighted by Crippen LogP contribution is 2.46. The van der Waals surface area contributed by atoms with Gasteiger partial charge in [0.1, 0.15) is 30.2 Å². The number of aromatic hydroxyl groups is 2. The largest absolute Gasteiger partial charge is 0.508 e. The number of hydrogen-bond acceptors (Lipinski definition) is 10. The minimum atomic E-state index is -1.57. The molecule has 10 heteroatoms. The molecule has 8 atom stereocenters. The number of rotatable bonds is 7. The van der Waals surface area contributed by atoms with Gasteiger partial charge in [-0.05, 0) is 59.2 Å². The minimum absolute atomic E-state index is 0.0170. The van der Waals surface area contributed by atoms with Gasteiger partial charge in [-0.3, -0.25) is 0 Å². The van der Waals surface area contributed by atoms with Crippen LogP contribution in [-0.4, -0.2) is 93.4 Å².